The van der Waals surface area contributed by atoms with Crippen molar-refractivity contribution in [2.75, 3.05) is 17.2 Å². The summed E-state index contributed by atoms with van der Waals surface area (Å²) in [4.78, 5) is 21.5. The molecule has 1 aliphatic rings. The highest BCUT2D eigenvalue weighted by molar-refractivity contribution is 6.40. The van der Waals surface area contributed by atoms with Crippen molar-refractivity contribution < 1.29 is 14.6 Å². The van der Waals surface area contributed by atoms with Crippen LogP contribution in [0.2, 0.25) is 10.0 Å². The molecule has 32 heavy (non-hydrogen) atoms. The van der Waals surface area contributed by atoms with Crippen LogP contribution in [0, 0.1) is 0 Å². The third-order valence-electron chi connectivity index (χ3n) is 4.85. The second kappa shape index (κ2) is 8.93. The fourth-order valence-electron chi connectivity index (χ4n) is 2.73. The molecule has 1 amide bonds. The molecule has 168 valence electrons. The van der Waals surface area contributed by atoms with Gasteiger partial charge < -0.3 is 20.5 Å². The van der Waals surface area contributed by atoms with E-state index in [0.29, 0.717) is 21.4 Å². The number of anilines is 3. The van der Waals surface area contributed by atoms with Crippen LogP contribution in [0.25, 0.3) is 0 Å². The number of hydrogen-bond acceptors (Lipinski definition) is 7. The van der Waals surface area contributed by atoms with Gasteiger partial charge in [0.2, 0.25) is 11.8 Å². The number of nitrogens with one attached hydrogen (secondary N) is 2. The maximum atomic E-state index is 12.9. The average Bonchev–Trinajstić information content (AvgIpc) is 3.44. The number of halogens is 2. The van der Waals surface area contributed by atoms with E-state index in [1.165, 1.54) is 6.20 Å². The van der Waals surface area contributed by atoms with E-state index in [1.54, 1.807) is 35.3 Å². The van der Waals surface area contributed by atoms with Gasteiger partial charge in [-0.25, -0.2) is 4.98 Å². The first kappa shape index (κ1) is 22.3. The number of nitrogens with zero attached hydrogens (tertiary/aromatic N) is 4. The van der Waals surface area contributed by atoms with Crippen molar-refractivity contribution in [2.24, 2.45) is 0 Å². The van der Waals surface area contributed by atoms with Crippen molar-refractivity contribution in [3.63, 3.8) is 0 Å². The summed E-state index contributed by atoms with van der Waals surface area (Å²) >= 11 is 12.3. The first-order valence-electron chi connectivity index (χ1n) is 9.99. The Labute approximate surface area is 194 Å². The minimum atomic E-state index is -0.553. The molecule has 4 rings (SSSR count). The van der Waals surface area contributed by atoms with E-state index in [4.69, 9.17) is 27.9 Å². The quantitative estimate of drug-likeness (QED) is 0.445. The molecule has 9 nitrogen and oxygen atoms in total. The van der Waals surface area contributed by atoms with Gasteiger partial charge in [0, 0.05) is 12.4 Å². The van der Waals surface area contributed by atoms with E-state index in [1.807, 2.05) is 13.8 Å². The number of benzene rings is 1. The summed E-state index contributed by atoms with van der Waals surface area (Å²) in [5.74, 6) is -0.0807. The van der Waals surface area contributed by atoms with Crippen LogP contribution in [0.15, 0.2) is 36.8 Å². The van der Waals surface area contributed by atoms with Crippen LogP contribution in [0.3, 0.4) is 0 Å². The molecular weight excluding hydrogens is 455 g/mol. The maximum Gasteiger partial charge on any atom is 0.262 e. The summed E-state index contributed by atoms with van der Waals surface area (Å²) in [7, 11) is 0. The molecular formula is C21H22Cl2N6O3. The third-order valence-corrected chi connectivity index (χ3v) is 5.48. The zero-order valence-electron chi connectivity index (χ0n) is 17.5. The van der Waals surface area contributed by atoms with Crippen molar-refractivity contribution in [1.82, 2.24) is 19.7 Å². The molecule has 0 saturated heterocycles. The van der Waals surface area contributed by atoms with Crippen LogP contribution in [0.5, 0.6) is 5.88 Å². The molecule has 0 bridgehead atoms. The van der Waals surface area contributed by atoms with E-state index in [-0.39, 0.29) is 30.1 Å². The Kier molecular flexibility index (Phi) is 6.23. The summed E-state index contributed by atoms with van der Waals surface area (Å²) < 4.78 is 7.50. The monoisotopic (exact) mass is 476 g/mol. The maximum absolute atomic E-state index is 12.9. The van der Waals surface area contributed by atoms with Crippen molar-refractivity contribution in [3.05, 3.63) is 52.4 Å². The largest absolute Gasteiger partial charge is 0.474 e. The summed E-state index contributed by atoms with van der Waals surface area (Å²) in [5.41, 5.74) is 0.544. The number of aromatic nitrogens is 4. The van der Waals surface area contributed by atoms with Crippen LogP contribution in [0.1, 0.15) is 37.0 Å². The van der Waals surface area contributed by atoms with Gasteiger partial charge in [-0.15, -0.1) is 0 Å². The number of aliphatic hydroxyl groups is 1. The second-order valence-electron chi connectivity index (χ2n) is 8.05. The summed E-state index contributed by atoms with van der Waals surface area (Å²) in [5, 5.41) is 20.2. The van der Waals surface area contributed by atoms with Crippen LogP contribution in [-0.4, -0.2) is 43.5 Å². The Morgan fingerprint density at radius 2 is 2.00 bits per heavy atom. The van der Waals surface area contributed by atoms with E-state index in [9.17, 15) is 9.90 Å². The average molecular weight is 477 g/mol. The molecule has 0 atom stereocenters. The van der Waals surface area contributed by atoms with Crippen molar-refractivity contribution in [3.8, 4) is 5.88 Å². The zero-order valence-corrected chi connectivity index (χ0v) is 19.0. The number of aliphatic hydroxyl groups excluding tert-OH is 1. The van der Waals surface area contributed by atoms with Crippen LogP contribution < -0.4 is 15.4 Å². The van der Waals surface area contributed by atoms with E-state index in [0.717, 1.165) is 12.8 Å². The lowest BCUT2D eigenvalue weighted by atomic mass is 10.1. The molecule has 0 spiro atoms. The molecule has 1 saturated carbocycles. The van der Waals surface area contributed by atoms with Gasteiger partial charge in [0.15, 0.2) is 0 Å². The van der Waals surface area contributed by atoms with E-state index in [2.05, 4.69) is 25.7 Å². The van der Waals surface area contributed by atoms with Crippen molar-refractivity contribution >= 4 is 46.4 Å². The lowest BCUT2D eigenvalue weighted by Gasteiger charge is -2.21. The second-order valence-corrected chi connectivity index (χ2v) is 8.86. The summed E-state index contributed by atoms with van der Waals surface area (Å²) in [6.07, 6.45) is 6.53. The van der Waals surface area contributed by atoms with Crippen molar-refractivity contribution in [2.45, 2.75) is 38.3 Å². The molecule has 0 radical (unpaired) electrons. The molecule has 1 aromatic carbocycles. The number of carbonyl (C=O) groups is 1. The molecule has 2 aromatic heterocycles. The normalized spacial score (nSPS) is 13.7. The standard InChI is InChI=1S/C21H22Cl2N6O3/c1-21(2,11-30)29-10-12(8-25-29)26-20-24-9-14(19(28-20)32-13-6-7-13)18(31)27-17-15(22)4-3-5-16(17)23/h3-5,8-10,13,30H,6-7,11H2,1-2H3,(H,27,31)(H,24,26,28). The fourth-order valence-corrected chi connectivity index (χ4v) is 3.23. The Bertz CT molecular complexity index is 1130. The molecule has 2 heterocycles. The minimum absolute atomic E-state index is 0.0151. The van der Waals surface area contributed by atoms with Crippen molar-refractivity contribution in [1.29, 1.82) is 0 Å². The number of para-hydroxylation sites is 1. The van der Waals surface area contributed by atoms with Gasteiger partial charge in [0.25, 0.3) is 5.91 Å². The highest BCUT2D eigenvalue weighted by Crippen LogP contribution is 2.32. The zero-order chi connectivity index (χ0) is 22.9. The minimum Gasteiger partial charge on any atom is -0.474 e. The smallest absolute Gasteiger partial charge is 0.262 e. The first-order valence-corrected chi connectivity index (χ1v) is 10.7. The Hall–Kier alpha value is -2.88. The van der Waals surface area contributed by atoms with Gasteiger partial charge in [-0.05, 0) is 38.8 Å². The molecule has 0 unspecified atom stereocenters. The lowest BCUT2D eigenvalue weighted by Crippen LogP contribution is -2.30. The Balaban J connectivity index is 1.57. The SMILES string of the molecule is CC(C)(CO)n1cc(Nc2ncc(C(=O)Nc3c(Cl)cccc3Cl)c(OC3CC3)n2)cn1. The molecule has 1 fully saturated rings. The molecule has 3 N–H and O–H groups in total. The van der Waals surface area contributed by atoms with E-state index < -0.39 is 11.4 Å². The highest BCUT2D eigenvalue weighted by atomic mass is 35.5. The number of amides is 1. The van der Waals surface area contributed by atoms with Crippen LogP contribution in [-0.2, 0) is 5.54 Å². The van der Waals surface area contributed by atoms with Gasteiger partial charge in [0.05, 0.1) is 39.8 Å². The first-order chi connectivity index (χ1) is 15.3. The molecule has 1 aliphatic carbocycles. The molecule has 11 heteroatoms. The van der Waals surface area contributed by atoms with Crippen LogP contribution in [0.4, 0.5) is 17.3 Å². The van der Waals surface area contributed by atoms with Gasteiger partial charge in [0.1, 0.15) is 11.7 Å². The number of carbonyl (C=O) groups excluding carboxylic acids is 1. The fraction of sp³-hybridized carbons (Fsp3) is 0.333. The van der Waals surface area contributed by atoms with Gasteiger partial charge in [-0.3, -0.25) is 9.48 Å². The highest BCUT2D eigenvalue weighted by Gasteiger charge is 2.28. The lowest BCUT2D eigenvalue weighted by molar-refractivity contribution is 0.102. The Morgan fingerprint density at radius 3 is 2.66 bits per heavy atom. The number of rotatable bonds is 8. The molecule has 3 aromatic rings. The summed E-state index contributed by atoms with van der Waals surface area (Å²) in [6.45, 7) is 3.66. The van der Waals surface area contributed by atoms with Gasteiger partial charge in [-0.1, -0.05) is 29.3 Å². The third kappa shape index (κ3) is 4.95. The predicted octanol–water partition coefficient (Wildman–Crippen LogP) is 4.24. The van der Waals surface area contributed by atoms with E-state index >= 15 is 0 Å². The number of hydrogen-bond donors (Lipinski definition) is 3. The Morgan fingerprint density at radius 1 is 1.28 bits per heavy atom. The summed E-state index contributed by atoms with van der Waals surface area (Å²) in [6, 6.07) is 4.95. The van der Waals surface area contributed by atoms with Crippen LogP contribution >= 0.6 is 23.2 Å². The predicted molar refractivity (Wildman–Crippen MR) is 122 cm³/mol. The molecule has 0 aliphatic heterocycles. The van der Waals surface area contributed by atoms with Gasteiger partial charge >= 0.3 is 0 Å². The number of ether oxygens (including phenoxy) is 1. The van der Waals surface area contributed by atoms with Gasteiger partial charge in [-0.2, -0.15) is 10.1 Å². The topological polar surface area (TPSA) is 114 Å².